The fourth-order valence-electron chi connectivity index (χ4n) is 1.53. The van der Waals surface area contributed by atoms with Crippen LogP contribution >= 0.6 is 15.9 Å². The van der Waals surface area contributed by atoms with Gasteiger partial charge in [0.25, 0.3) is 0 Å². The van der Waals surface area contributed by atoms with Crippen molar-refractivity contribution in [1.82, 2.24) is 4.98 Å². The summed E-state index contributed by atoms with van der Waals surface area (Å²) in [4.78, 5) is 4.10. The molecule has 1 aromatic heterocycles. The number of aromatic nitrogens is 1. The van der Waals surface area contributed by atoms with Gasteiger partial charge in [0, 0.05) is 22.3 Å². The predicted molar refractivity (Wildman–Crippen MR) is 67.7 cm³/mol. The highest BCUT2D eigenvalue weighted by molar-refractivity contribution is 9.10. The summed E-state index contributed by atoms with van der Waals surface area (Å²) in [5, 5.41) is 0. The second-order valence-corrected chi connectivity index (χ2v) is 5.84. The van der Waals surface area contributed by atoms with Crippen molar-refractivity contribution in [2.45, 2.75) is 38.9 Å². The normalized spacial score (nSPS) is 22.4. The zero-order valence-electron chi connectivity index (χ0n) is 9.95. The molecule has 1 fully saturated rings. The molecule has 1 aliphatic heterocycles. The molecule has 2 heterocycles. The number of halogens is 1. The van der Waals surface area contributed by atoms with E-state index >= 15 is 0 Å². The maximum absolute atomic E-state index is 5.94. The molecule has 1 aliphatic rings. The number of rotatable bonds is 1. The van der Waals surface area contributed by atoms with Crippen LogP contribution in [0.2, 0.25) is 0 Å². The lowest BCUT2D eigenvalue weighted by atomic mass is 9.80. The fraction of sp³-hybridized carbons (Fsp3) is 0.545. The molecule has 0 N–H and O–H groups in total. The monoisotopic (exact) mass is 283 g/mol. The fourth-order valence-corrected chi connectivity index (χ4v) is 1.94. The molecule has 0 unspecified atom stereocenters. The Morgan fingerprint density at radius 2 is 1.75 bits per heavy atom. The summed E-state index contributed by atoms with van der Waals surface area (Å²) >= 11 is 3.48. The molecular formula is C11H15BBrNO2. The summed E-state index contributed by atoms with van der Waals surface area (Å²) in [7, 11) is -0.354. The average Bonchev–Trinajstić information content (AvgIpc) is 2.36. The molecular weight excluding hydrogens is 269 g/mol. The van der Waals surface area contributed by atoms with E-state index in [1.54, 1.807) is 12.4 Å². The lowest BCUT2D eigenvalue weighted by Gasteiger charge is -2.32. The van der Waals surface area contributed by atoms with Crippen molar-refractivity contribution in [3.63, 3.8) is 0 Å². The third kappa shape index (κ3) is 1.92. The Hall–Kier alpha value is -0.385. The lowest BCUT2D eigenvalue weighted by Crippen LogP contribution is -2.41. The molecule has 1 saturated heterocycles. The highest BCUT2D eigenvalue weighted by Gasteiger charge is 2.52. The summed E-state index contributed by atoms with van der Waals surface area (Å²) in [6.07, 6.45) is 3.51. The van der Waals surface area contributed by atoms with Crippen molar-refractivity contribution in [3.8, 4) is 0 Å². The molecule has 0 aliphatic carbocycles. The van der Waals surface area contributed by atoms with Crippen LogP contribution in [-0.2, 0) is 9.31 Å². The molecule has 16 heavy (non-hydrogen) atoms. The van der Waals surface area contributed by atoms with Crippen molar-refractivity contribution < 1.29 is 9.31 Å². The minimum Gasteiger partial charge on any atom is -0.399 e. The Bertz CT molecular complexity index is 393. The van der Waals surface area contributed by atoms with E-state index in [9.17, 15) is 0 Å². The van der Waals surface area contributed by atoms with Gasteiger partial charge >= 0.3 is 7.12 Å². The summed E-state index contributed by atoms with van der Waals surface area (Å²) < 4.78 is 12.8. The van der Waals surface area contributed by atoms with E-state index in [1.165, 1.54) is 0 Å². The van der Waals surface area contributed by atoms with E-state index in [2.05, 4.69) is 20.9 Å². The van der Waals surface area contributed by atoms with Crippen molar-refractivity contribution in [3.05, 3.63) is 22.9 Å². The highest BCUT2D eigenvalue weighted by Crippen LogP contribution is 2.36. The maximum atomic E-state index is 5.94. The maximum Gasteiger partial charge on any atom is 0.497 e. The number of hydrogen-bond acceptors (Lipinski definition) is 3. The van der Waals surface area contributed by atoms with Gasteiger partial charge < -0.3 is 9.31 Å². The number of pyridine rings is 1. The zero-order valence-corrected chi connectivity index (χ0v) is 11.5. The zero-order chi connectivity index (χ0) is 12.0. The third-order valence-corrected chi connectivity index (χ3v) is 4.03. The molecule has 3 nitrogen and oxygen atoms in total. The first kappa shape index (κ1) is 12.1. The summed E-state index contributed by atoms with van der Waals surface area (Å²) in [6.45, 7) is 8.16. The van der Waals surface area contributed by atoms with Crippen molar-refractivity contribution in [2.75, 3.05) is 0 Å². The summed E-state index contributed by atoms with van der Waals surface area (Å²) in [5.74, 6) is 0. The van der Waals surface area contributed by atoms with Crippen LogP contribution in [0.4, 0.5) is 0 Å². The Morgan fingerprint density at radius 1 is 1.19 bits per heavy atom. The highest BCUT2D eigenvalue weighted by atomic mass is 79.9. The van der Waals surface area contributed by atoms with Crippen molar-refractivity contribution in [1.29, 1.82) is 0 Å². The minimum absolute atomic E-state index is 0.313. The van der Waals surface area contributed by atoms with Gasteiger partial charge in [0.2, 0.25) is 0 Å². The number of nitrogens with zero attached hydrogens (tertiary/aromatic N) is 1. The Labute approximate surface area is 105 Å². The molecule has 0 saturated carbocycles. The van der Waals surface area contributed by atoms with E-state index in [-0.39, 0.29) is 18.3 Å². The second-order valence-electron chi connectivity index (χ2n) is 4.99. The van der Waals surface area contributed by atoms with Crippen LogP contribution in [0.25, 0.3) is 0 Å². The van der Waals surface area contributed by atoms with Gasteiger partial charge in [0.1, 0.15) is 0 Å². The Kier molecular flexibility index (Phi) is 2.89. The minimum atomic E-state index is -0.354. The van der Waals surface area contributed by atoms with E-state index in [0.717, 1.165) is 9.94 Å². The van der Waals surface area contributed by atoms with Crippen LogP contribution in [0, 0.1) is 0 Å². The van der Waals surface area contributed by atoms with E-state index in [0.29, 0.717) is 0 Å². The Morgan fingerprint density at radius 3 is 2.25 bits per heavy atom. The van der Waals surface area contributed by atoms with Crippen LogP contribution in [0.15, 0.2) is 22.9 Å². The van der Waals surface area contributed by atoms with Gasteiger partial charge in [-0.1, -0.05) is 15.9 Å². The van der Waals surface area contributed by atoms with E-state index in [1.807, 2.05) is 33.8 Å². The van der Waals surface area contributed by atoms with Gasteiger partial charge in [-0.05, 0) is 33.8 Å². The largest absolute Gasteiger partial charge is 0.497 e. The molecule has 2 rings (SSSR count). The van der Waals surface area contributed by atoms with Gasteiger partial charge in [-0.3, -0.25) is 4.98 Å². The first-order valence-corrected chi connectivity index (χ1v) is 6.08. The molecule has 86 valence electrons. The van der Waals surface area contributed by atoms with Gasteiger partial charge in [-0.15, -0.1) is 0 Å². The van der Waals surface area contributed by atoms with E-state index < -0.39 is 0 Å². The standard InChI is InChI=1S/C11H15BBrNO2/c1-10(2)11(3,4)16-12(15-10)8-7-14-6-5-9(8)13/h5-7H,1-4H3. The molecule has 0 bridgehead atoms. The molecule has 1 aromatic rings. The van der Waals surface area contributed by atoms with Crippen LogP contribution in [-0.4, -0.2) is 23.3 Å². The van der Waals surface area contributed by atoms with Gasteiger partial charge in [0.05, 0.1) is 11.2 Å². The first-order chi connectivity index (χ1) is 7.33. The van der Waals surface area contributed by atoms with Crippen LogP contribution in [0.3, 0.4) is 0 Å². The van der Waals surface area contributed by atoms with Crippen LogP contribution < -0.4 is 5.46 Å². The third-order valence-electron chi connectivity index (χ3n) is 3.30. The second kappa shape index (κ2) is 3.82. The van der Waals surface area contributed by atoms with Crippen LogP contribution in [0.1, 0.15) is 27.7 Å². The van der Waals surface area contributed by atoms with Gasteiger partial charge in [-0.25, -0.2) is 0 Å². The van der Waals surface area contributed by atoms with Gasteiger partial charge in [0.15, 0.2) is 0 Å². The predicted octanol–water partition coefficient (Wildman–Crippen LogP) is 2.14. The lowest BCUT2D eigenvalue weighted by molar-refractivity contribution is 0.00578. The summed E-state index contributed by atoms with van der Waals surface area (Å²) in [5.41, 5.74) is 0.307. The van der Waals surface area contributed by atoms with Crippen molar-refractivity contribution in [2.24, 2.45) is 0 Å². The SMILES string of the molecule is CC1(C)OB(c2cnccc2Br)OC1(C)C. The smallest absolute Gasteiger partial charge is 0.399 e. The molecule has 0 spiro atoms. The van der Waals surface area contributed by atoms with Gasteiger partial charge in [-0.2, -0.15) is 0 Å². The summed E-state index contributed by atoms with van der Waals surface area (Å²) in [6, 6.07) is 1.89. The number of hydrogen-bond donors (Lipinski definition) is 0. The molecule has 0 radical (unpaired) electrons. The molecule has 5 heteroatoms. The molecule has 0 aromatic carbocycles. The Balaban J connectivity index is 2.31. The molecule has 0 atom stereocenters. The quantitative estimate of drug-likeness (QED) is 0.740. The first-order valence-electron chi connectivity index (χ1n) is 5.28. The van der Waals surface area contributed by atoms with E-state index in [4.69, 9.17) is 9.31 Å². The molecule has 0 amide bonds. The average molecular weight is 284 g/mol. The van der Waals surface area contributed by atoms with Crippen LogP contribution in [0.5, 0.6) is 0 Å². The topological polar surface area (TPSA) is 31.4 Å². The van der Waals surface area contributed by atoms with Crippen molar-refractivity contribution >= 4 is 28.5 Å².